The van der Waals surface area contributed by atoms with E-state index in [1.807, 2.05) is 6.07 Å². The number of nitro groups is 1. The third kappa shape index (κ3) is 4.59. The van der Waals surface area contributed by atoms with Gasteiger partial charge in [0, 0.05) is 43.7 Å². The van der Waals surface area contributed by atoms with E-state index in [2.05, 4.69) is 16.3 Å². The Morgan fingerprint density at radius 1 is 1.27 bits per heavy atom. The van der Waals surface area contributed by atoms with Crippen LogP contribution in [0, 0.1) is 17.0 Å². The van der Waals surface area contributed by atoms with E-state index in [9.17, 15) is 14.9 Å². The maximum Gasteiger partial charge on any atom is 0.311 e. The highest BCUT2D eigenvalue weighted by molar-refractivity contribution is 7.09. The third-order valence-corrected chi connectivity index (χ3v) is 5.21. The summed E-state index contributed by atoms with van der Waals surface area (Å²) in [7, 11) is 0. The van der Waals surface area contributed by atoms with Crippen LogP contribution in [-0.2, 0) is 11.3 Å². The maximum absolute atomic E-state index is 12.4. The number of amides is 1. The Balaban J connectivity index is 1.50. The normalized spacial score (nSPS) is 15.0. The van der Waals surface area contributed by atoms with Crippen molar-refractivity contribution in [2.45, 2.75) is 13.5 Å². The quantitative estimate of drug-likeness (QED) is 0.573. The van der Waals surface area contributed by atoms with Crippen LogP contribution in [0.15, 0.2) is 35.7 Å². The van der Waals surface area contributed by atoms with Crippen molar-refractivity contribution in [2.24, 2.45) is 0 Å². The summed E-state index contributed by atoms with van der Waals surface area (Å²) < 4.78 is 5.44. The van der Waals surface area contributed by atoms with E-state index in [4.69, 9.17) is 4.74 Å². The van der Waals surface area contributed by atoms with Gasteiger partial charge in [-0.25, -0.2) is 0 Å². The SMILES string of the molecule is Cc1ccc(OCC(=O)N2CCN(Cc3cccs3)CC2)c([N+](=O)[O-])c1. The largest absolute Gasteiger partial charge is 0.477 e. The second kappa shape index (κ2) is 8.29. The van der Waals surface area contributed by atoms with Crippen molar-refractivity contribution in [2.75, 3.05) is 32.8 Å². The van der Waals surface area contributed by atoms with E-state index in [0.29, 0.717) is 13.1 Å². The van der Waals surface area contributed by atoms with Gasteiger partial charge in [0.25, 0.3) is 5.91 Å². The van der Waals surface area contributed by atoms with Crippen molar-refractivity contribution in [1.82, 2.24) is 9.80 Å². The monoisotopic (exact) mass is 375 g/mol. The molecule has 1 amide bonds. The molecule has 138 valence electrons. The second-order valence-corrected chi connectivity index (χ2v) is 7.29. The summed E-state index contributed by atoms with van der Waals surface area (Å²) in [5, 5.41) is 13.2. The zero-order chi connectivity index (χ0) is 18.5. The number of rotatable bonds is 6. The molecule has 1 aromatic heterocycles. The van der Waals surface area contributed by atoms with Crippen molar-refractivity contribution >= 4 is 22.9 Å². The molecule has 8 heteroatoms. The summed E-state index contributed by atoms with van der Waals surface area (Å²) in [6.45, 7) is 5.41. The summed E-state index contributed by atoms with van der Waals surface area (Å²) in [5.74, 6) is -0.0130. The molecule has 1 aromatic carbocycles. The second-order valence-electron chi connectivity index (χ2n) is 6.25. The van der Waals surface area contributed by atoms with Gasteiger partial charge in [0.05, 0.1) is 4.92 Å². The predicted molar refractivity (Wildman–Crippen MR) is 99.5 cm³/mol. The number of nitrogens with zero attached hydrogens (tertiary/aromatic N) is 3. The Hall–Kier alpha value is -2.45. The van der Waals surface area contributed by atoms with Crippen LogP contribution in [-0.4, -0.2) is 53.4 Å². The molecule has 1 aliphatic heterocycles. The minimum Gasteiger partial charge on any atom is -0.477 e. The van der Waals surface area contributed by atoms with Gasteiger partial charge in [-0.15, -0.1) is 11.3 Å². The topological polar surface area (TPSA) is 75.9 Å². The lowest BCUT2D eigenvalue weighted by Crippen LogP contribution is -2.49. The molecule has 0 N–H and O–H groups in total. The van der Waals surface area contributed by atoms with Crippen LogP contribution in [0.1, 0.15) is 10.4 Å². The molecule has 0 saturated carbocycles. The van der Waals surface area contributed by atoms with Crippen LogP contribution < -0.4 is 4.74 Å². The molecule has 2 aromatic rings. The molecule has 0 bridgehead atoms. The van der Waals surface area contributed by atoms with Gasteiger partial charge in [0.15, 0.2) is 12.4 Å². The van der Waals surface area contributed by atoms with Crippen LogP contribution >= 0.6 is 11.3 Å². The average Bonchev–Trinajstić information content (AvgIpc) is 3.14. The zero-order valence-electron chi connectivity index (χ0n) is 14.6. The average molecular weight is 375 g/mol. The molecule has 0 aliphatic carbocycles. The molecule has 26 heavy (non-hydrogen) atoms. The standard InChI is InChI=1S/C18H21N3O4S/c1-14-4-5-17(16(11-14)21(23)24)25-13-18(22)20-8-6-19(7-9-20)12-15-3-2-10-26-15/h2-5,10-11H,6-9,12-13H2,1H3. The highest BCUT2D eigenvalue weighted by Crippen LogP contribution is 2.27. The number of hydrogen-bond donors (Lipinski definition) is 0. The molecule has 2 heterocycles. The van der Waals surface area contributed by atoms with Crippen LogP contribution in [0.2, 0.25) is 0 Å². The lowest BCUT2D eigenvalue weighted by atomic mass is 10.2. The summed E-state index contributed by atoms with van der Waals surface area (Å²) in [4.78, 5) is 28.4. The Bertz CT molecular complexity index is 771. The molecule has 3 rings (SSSR count). The number of carbonyl (C=O) groups is 1. The van der Waals surface area contributed by atoms with Gasteiger partial charge in [0.1, 0.15) is 0 Å². The number of piperazine rings is 1. The molecular weight excluding hydrogens is 354 g/mol. The molecule has 0 atom stereocenters. The minimum atomic E-state index is -0.490. The zero-order valence-corrected chi connectivity index (χ0v) is 15.4. The van der Waals surface area contributed by atoms with Crippen molar-refractivity contribution in [3.8, 4) is 5.75 Å². The Morgan fingerprint density at radius 3 is 2.69 bits per heavy atom. The van der Waals surface area contributed by atoms with E-state index in [1.54, 1.807) is 35.3 Å². The Morgan fingerprint density at radius 2 is 2.04 bits per heavy atom. The molecule has 0 spiro atoms. The maximum atomic E-state index is 12.4. The third-order valence-electron chi connectivity index (χ3n) is 4.35. The van der Waals surface area contributed by atoms with Gasteiger partial charge in [-0.2, -0.15) is 0 Å². The summed E-state index contributed by atoms with van der Waals surface area (Å²) in [5.41, 5.74) is 0.663. The number of nitro benzene ring substituents is 1. The highest BCUT2D eigenvalue weighted by Gasteiger charge is 2.23. The van der Waals surface area contributed by atoms with E-state index in [0.717, 1.165) is 25.2 Å². The molecule has 1 saturated heterocycles. The first-order chi connectivity index (χ1) is 12.5. The fourth-order valence-corrected chi connectivity index (χ4v) is 3.65. The number of ether oxygens (including phenoxy) is 1. The lowest BCUT2D eigenvalue weighted by Gasteiger charge is -2.34. The van der Waals surface area contributed by atoms with E-state index in [-0.39, 0.29) is 24.0 Å². The number of hydrogen-bond acceptors (Lipinski definition) is 6. The molecule has 7 nitrogen and oxygen atoms in total. The van der Waals surface area contributed by atoms with Gasteiger partial charge < -0.3 is 9.64 Å². The van der Waals surface area contributed by atoms with Gasteiger partial charge in [-0.1, -0.05) is 12.1 Å². The lowest BCUT2D eigenvalue weighted by molar-refractivity contribution is -0.385. The number of carbonyl (C=O) groups excluding carboxylic acids is 1. The first-order valence-electron chi connectivity index (χ1n) is 8.43. The van der Waals surface area contributed by atoms with Gasteiger partial charge in [-0.05, 0) is 30.0 Å². The fourth-order valence-electron chi connectivity index (χ4n) is 2.90. The van der Waals surface area contributed by atoms with Gasteiger partial charge in [-0.3, -0.25) is 19.8 Å². The Kier molecular flexibility index (Phi) is 5.85. The summed E-state index contributed by atoms with van der Waals surface area (Å²) >= 11 is 1.74. The molecule has 0 unspecified atom stereocenters. The smallest absolute Gasteiger partial charge is 0.311 e. The van der Waals surface area contributed by atoms with Crippen LogP contribution in [0.5, 0.6) is 5.75 Å². The van der Waals surface area contributed by atoms with Crippen LogP contribution in [0.25, 0.3) is 0 Å². The van der Waals surface area contributed by atoms with Crippen molar-refractivity contribution in [3.05, 3.63) is 56.3 Å². The van der Waals surface area contributed by atoms with Gasteiger partial charge in [0.2, 0.25) is 0 Å². The minimum absolute atomic E-state index is 0.112. The Labute approximate surface area is 155 Å². The van der Waals surface area contributed by atoms with E-state index in [1.165, 1.54) is 10.9 Å². The summed E-state index contributed by atoms with van der Waals surface area (Å²) in [6, 6.07) is 8.88. The highest BCUT2D eigenvalue weighted by atomic mass is 32.1. The van der Waals surface area contributed by atoms with Crippen molar-refractivity contribution < 1.29 is 14.5 Å². The van der Waals surface area contributed by atoms with Gasteiger partial charge >= 0.3 is 5.69 Å². The van der Waals surface area contributed by atoms with E-state index < -0.39 is 4.92 Å². The first-order valence-corrected chi connectivity index (χ1v) is 9.31. The van der Waals surface area contributed by atoms with E-state index >= 15 is 0 Å². The fraction of sp³-hybridized carbons (Fsp3) is 0.389. The van der Waals surface area contributed by atoms with Crippen LogP contribution in [0.4, 0.5) is 5.69 Å². The summed E-state index contributed by atoms with van der Waals surface area (Å²) in [6.07, 6.45) is 0. The first kappa shape index (κ1) is 18.3. The molecule has 0 radical (unpaired) electrons. The van der Waals surface area contributed by atoms with Crippen molar-refractivity contribution in [1.29, 1.82) is 0 Å². The predicted octanol–water partition coefficient (Wildman–Crippen LogP) is 2.69. The number of benzene rings is 1. The number of thiophene rings is 1. The molecule has 1 fully saturated rings. The van der Waals surface area contributed by atoms with Crippen molar-refractivity contribution in [3.63, 3.8) is 0 Å². The molecular formula is C18H21N3O4S. The molecule has 1 aliphatic rings. The number of aryl methyl sites for hydroxylation is 1. The van der Waals surface area contributed by atoms with Crippen LogP contribution in [0.3, 0.4) is 0 Å².